The van der Waals surface area contributed by atoms with Crippen molar-refractivity contribution in [1.82, 2.24) is 0 Å². The van der Waals surface area contributed by atoms with E-state index in [1.807, 2.05) is 0 Å². The summed E-state index contributed by atoms with van der Waals surface area (Å²) in [6.07, 6.45) is 8.60. The molecule has 5 aliphatic rings. The molecule has 4 bridgehead atoms. The molecule has 1 atom stereocenters. The van der Waals surface area contributed by atoms with Gasteiger partial charge in [-0.05, 0) is 61.7 Å². The zero-order valence-electron chi connectivity index (χ0n) is 12.8. The fourth-order valence-electron chi connectivity index (χ4n) is 7.67. The Hall–Kier alpha value is -0.530. The number of hydrogen-bond donors (Lipinski definition) is 0. The smallest absolute Gasteiger partial charge is 0.310 e. The van der Waals surface area contributed by atoms with Crippen LogP contribution in [0.15, 0.2) is 0 Å². The van der Waals surface area contributed by atoms with Crippen LogP contribution in [0.5, 0.6) is 0 Å². The highest BCUT2D eigenvalue weighted by Gasteiger charge is 2.71. The summed E-state index contributed by atoms with van der Waals surface area (Å²) < 4.78 is 5.71. The maximum absolute atomic E-state index is 11.4. The van der Waals surface area contributed by atoms with Crippen molar-refractivity contribution in [3.63, 3.8) is 0 Å². The Morgan fingerprint density at radius 3 is 1.47 bits per heavy atom. The van der Waals surface area contributed by atoms with Crippen LogP contribution in [0.4, 0.5) is 0 Å². The quantitative estimate of drug-likeness (QED) is 0.666. The normalized spacial score (nSPS) is 62.8. The van der Waals surface area contributed by atoms with Crippen LogP contribution in [0.2, 0.25) is 0 Å². The second-order valence-corrected chi connectivity index (χ2v) is 9.65. The van der Waals surface area contributed by atoms with Crippen LogP contribution in [0.3, 0.4) is 0 Å². The lowest BCUT2D eigenvalue weighted by Gasteiger charge is -2.73. The zero-order valence-corrected chi connectivity index (χ0v) is 12.8. The first-order valence-electron chi connectivity index (χ1n) is 7.81. The molecular weight excluding hydrogens is 236 g/mol. The largest absolute Gasteiger partial charge is 0.458 e. The predicted octanol–water partition coefficient (Wildman–Crippen LogP) is 4.08. The average molecular weight is 262 g/mol. The number of ether oxygens (including phenoxy) is 1. The summed E-state index contributed by atoms with van der Waals surface area (Å²) in [6.45, 7) is 9.66. The molecule has 0 radical (unpaired) electrons. The van der Waals surface area contributed by atoms with Crippen LogP contribution in [0, 0.1) is 21.7 Å². The van der Waals surface area contributed by atoms with Gasteiger partial charge in [-0.3, -0.25) is 4.79 Å². The summed E-state index contributed by atoms with van der Waals surface area (Å²) in [7, 11) is 0. The van der Waals surface area contributed by atoms with Crippen molar-refractivity contribution in [1.29, 1.82) is 0 Å². The third-order valence-electron chi connectivity index (χ3n) is 6.80. The molecule has 5 rings (SSSR count). The van der Waals surface area contributed by atoms with E-state index in [0.717, 1.165) is 0 Å². The maximum Gasteiger partial charge on any atom is 0.310 e. The molecule has 106 valence electrons. The van der Waals surface area contributed by atoms with E-state index in [2.05, 4.69) is 27.7 Å². The number of carbonyl (C=O) groups is 1. The molecule has 4 aliphatic carbocycles. The molecule has 0 spiro atoms. The molecule has 5 fully saturated rings. The molecule has 2 nitrogen and oxygen atoms in total. The SMILES string of the molecule is CC12CC3(C)CC(C)(C1)CC([C@]1(C)CC(=O)O1)(C2)C3. The van der Waals surface area contributed by atoms with E-state index < -0.39 is 0 Å². The average Bonchev–Trinajstić information content (AvgIpc) is 2.06. The summed E-state index contributed by atoms with van der Waals surface area (Å²) in [5.74, 6) is 0.0127. The van der Waals surface area contributed by atoms with Crippen LogP contribution in [0.1, 0.15) is 72.6 Å². The van der Waals surface area contributed by atoms with E-state index in [-0.39, 0.29) is 17.0 Å². The molecule has 4 saturated carbocycles. The highest BCUT2D eigenvalue weighted by molar-refractivity contribution is 5.77. The van der Waals surface area contributed by atoms with Crippen LogP contribution in [-0.2, 0) is 9.53 Å². The van der Waals surface area contributed by atoms with E-state index >= 15 is 0 Å². The van der Waals surface area contributed by atoms with Gasteiger partial charge in [-0.1, -0.05) is 20.8 Å². The number of esters is 1. The Bertz CT molecular complexity index is 416. The van der Waals surface area contributed by atoms with Gasteiger partial charge in [0.05, 0.1) is 6.42 Å². The number of hydrogen-bond acceptors (Lipinski definition) is 2. The van der Waals surface area contributed by atoms with Gasteiger partial charge in [-0.15, -0.1) is 0 Å². The molecule has 0 N–H and O–H groups in total. The summed E-state index contributed by atoms with van der Waals surface area (Å²) in [6, 6.07) is 0. The third-order valence-corrected chi connectivity index (χ3v) is 6.80. The molecule has 0 aromatic rings. The molecule has 0 amide bonds. The molecule has 2 heteroatoms. The Balaban J connectivity index is 1.80. The van der Waals surface area contributed by atoms with Crippen molar-refractivity contribution in [3.8, 4) is 0 Å². The van der Waals surface area contributed by atoms with Gasteiger partial charge in [-0.2, -0.15) is 0 Å². The lowest BCUT2D eigenvalue weighted by atomic mass is 9.33. The number of cyclic esters (lactones) is 1. The van der Waals surface area contributed by atoms with E-state index in [1.165, 1.54) is 38.5 Å². The van der Waals surface area contributed by atoms with E-state index in [1.54, 1.807) is 0 Å². The Morgan fingerprint density at radius 2 is 1.16 bits per heavy atom. The van der Waals surface area contributed by atoms with Gasteiger partial charge in [0.25, 0.3) is 0 Å². The first-order chi connectivity index (χ1) is 8.59. The zero-order chi connectivity index (χ0) is 13.7. The van der Waals surface area contributed by atoms with Crippen molar-refractivity contribution < 1.29 is 9.53 Å². The number of carbonyl (C=O) groups excluding carboxylic acids is 1. The summed E-state index contributed by atoms with van der Waals surface area (Å²) in [5, 5.41) is 0. The van der Waals surface area contributed by atoms with Crippen molar-refractivity contribution in [2.24, 2.45) is 21.7 Å². The molecule has 1 aliphatic heterocycles. The lowest BCUT2D eigenvalue weighted by Crippen LogP contribution is -2.69. The van der Waals surface area contributed by atoms with Crippen LogP contribution < -0.4 is 0 Å². The summed E-state index contributed by atoms with van der Waals surface area (Å²) in [5.41, 5.74) is 1.51. The first kappa shape index (κ1) is 12.2. The van der Waals surface area contributed by atoms with E-state index in [9.17, 15) is 4.79 Å². The lowest BCUT2D eigenvalue weighted by molar-refractivity contribution is -0.279. The summed E-state index contributed by atoms with van der Waals surface area (Å²) >= 11 is 0. The van der Waals surface area contributed by atoms with Crippen molar-refractivity contribution in [3.05, 3.63) is 0 Å². The van der Waals surface area contributed by atoms with Crippen molar-refractivity contribution in [2.45, 2.75) is 78.2 Å². The summed E-state index contributed by atoms with van der Waals surface area (Å²) in [4.78, 5) is 11.4. The van der Waals surface area contributed by atoms with Gasteiger partial charge in [0.1, 0.15) is 5.60 Å². The van der Waals surface area contributed by atoms with E-state index in [0.29, 0.717) is 22.7 Å². The monoisotopic (exact) mass is 262 g/mol. The molecule has 0 aromatic heterocycles. The number of rotatable bonds is 1. The second kappa shape index (κ2) is 2.89. The molecule has 1 saturated heterocycles. The highest BCUT2D eigenvalue weighted by atomic mass is 16.6. The second-order valence-electron chi connectivity index (χ2n) is 9.65. The van der Waals surface area contributed by atoms with Crippen molar-refractivity contribution in [2.75, 3.05) is 0 Å². The maximum atomic E-state index is 11.4. The Kier molecular flexibility index (Phi) is 1.86. The Morgan fingerprint density at radius 1 is 0.789 bits per heavy atom. The minimum atomic E-state index is -0.172. The highest BCUT2D eigenvalue weighted by Crippen LogP contribution is 2.77. The predicted molar refractivity (Wildman–Crippen MR) is 73.6 cm³/mol. The van der Waals surface area contributed by atoms with Gasteiger partial charge in [-0.25, -0.2) is 0 Å². The third kappa shape index (κ3) is 1.41. The molecule has 0 unspecified atom stereocenters. The first-order valence-corrected chi connectivity index (χ1v) is 7.81. The molecule has 1 heterocycles. The van der Waals surface area contributed by atoms with Crippen molar-refractivity contribution >= 4 is 5.97 Å². The molecule has 19 heavy (non-hydrogen) atoms. The van der Waals surface area contributed by atoms with Gasteiger partial charge >= 0.3 is 5.97 Å². The minimum Gasteiger partial charge on any atom is -0.458 e. The van der Waals surface area contributed by atoms with E-state index in [4.69, 9.17) is 4.74 Å². The van der Waals surface area contributed by atoms with Crippen LogP contribution in [0.25, 0.3) is 0 Å². The van der Waals surface area contributed by atoms with Crippen LogP contribution in [-0.4, -0.2) is 11.6 Å². The fourth-order valence-corrected chi connectivity index (χ4v) is 7.67. The molecule has 0 aromatic carbocycles. The Labute approximate surface area is 116 Å². The standard InChI is InChI=1S/C17H26O2/c1-13-6-14(2)8-15(3,7-13)11-17(9-13,10-14)16(4)5-12(18)19-16/h5-11H2,1-4H3/t13?,14?,15?,16-,17?/m0/s1. The van der Waals surface area contributed by atoms with Gasteiger partial charge in [0, 0.05) is 5.41 Å². The van der Waals surface area contributed by atoms with Gasteiger partial charge < -0.3 is 4.74 Å². The minimum absolute atomic E-state index is 0.0127. The fraction of sp³-hybridized carbons (Fsp3) is 0.941. The topological polar surface area (TPSA) is 26.3 Å². The molecular formula is C17H26O2. The van der Waals surface area contributed by atoms with Crippen LogP contribution >= 0.6 is 0 Å². The van der Waals surface area contributed by atoms with Gasteiger partial charge in [0.2, 0.25) is 0 Å². The van der Waals surface area contributed by atoms with Gasteiger partial charge in [0.15, 0.2) is 0 Å².